The van der Waals surface area contributed by atoms with Crippen molar-refractivity contribution >= 4 is 5.96 Å². The molecule has 0 bridgehead atoms. The lowest BCUT2D eigenvalue weighted by Gasteiger charge is -2.19. The van der Waals surface area contributed by atoms with Crippen LogP contribution in [0.5, 0.6) is 0 Å². The Bertz CT molecular complexity index is 205. The van der Waals surface area contributed by atoms with Crippen LogP contribution in [0.25, 0.3) is 0 Å². The maximum absolute atomic E-state index is 4.40. The van der Waals surface area contributed by atoms with Crippen LogP contribution in [-0.2, 0) is 0 Å². The lowest BCUT2D eigenvalue weighted by Crippen LogP contribution is -2.41. The Kier molecular flexibility index (Phi) is 1.01. The van der Waals surface area contributed by atoms with E-state index in [0.29, 0.717) is 12.1 Å². The van der Waals surface area contributed by atoms with Gasteiger partial charge in [-0.15, -0.1) is 0 Å². The van der Waals surface area contributed by atoms with E-state index >= 15 is 0 Å². The molecule has 0 aromatic rings. The van der Waals surface area contributed by atoms with E-state index in [2.05, 4.69) is 22.5 Å². The molecule has 3 heteroatoms. The number of guanidine groups is 1. The van der Waals surface area contributed by atoms with Gasteiger partial charge in [0.05, 0.1) is 12.1 Å². The maximum Gasteiger partial charge on any atom is 0.194 e. The Labute approximate surface area is 60.4 Å². The van der Waals surface area contributed by atoms with E-state index in [0.717, 1.165) is 5.96 Å². The summed E-state index contributed by atoms with van der Waals surface area (Å²) >= 11 is 0. The molecular weight excluding hydrogens is 126 g/mol. The summed E-state index contributed by atoms with van der Waals surface area (Å²) in [5.41, 5.74) is 0. The summed E-state index contributed by atoms with van der Waals surface area (Å²) in [5, 5.41) is 3.28. The predicted molar refractivity (Wildman–Crippen MR) is 41.0 cm³/mol. The van der Waals surface area contributed by atoms with Gasteiger partial charge >= 0.3 is 0 Å². The molecule has 0 spiro atoms. The first-order chi connectivity index (χ1) is 4.77. The molecule has 1 aliphatic heterocycles. The Morgan fingerprint density at radius 2 is 2.30 bits per heavy atom. The van der Waals surface area contributed by atoms with Crippen LogP contribution in [0.15, 0.2) is 17.1 Å². The van der Waals surface area contributed by atoms with Gasteiger partial charge in [-0.25, -0.2) is 4.99 Å². The Hall–Kier alpha value is -0.990. The molecule has 2 aliphatic rings. The van der Waals surface area contributed by atoms with E-state index in [-0.39, 0.29) is 0 Å². The van der Waals surface area contributed by atoms with Crippen LogP contribution < -0.4 is 5.32 Å². The summed E-state index contributed by atoms with van der Waals surface area (Å²) in [7, 11) is 3.99. The van der Waals surface area contributed by atoms with Crippen LogP contribution in [0.2, 0.25) is 0 Å². The number of hydrogen-bond donors (Lipinski definition) is 1. The minimum Gasteiger partial charge on any atom is -0.349 e. The molecule has 0 saturated carbocycles. The Morgan fingerprint density at radius 3 is 2.60 bits per heavy atom. The number of rotatable bonds is 0. The van der Waals surface area contributed by atoms with E-state index < -0.39 is 0 Å². The third kappa shape index (κ3) is 0.632. The normalized spacial score (nSPS) is 34.0. The minimum atomic E-state index is 0.414. The molecule has 0 aromatic heterocycles. The van der Waals surface area contributed by atoms with Gasteiger partial charge in [-0.1, -0.05) is 12.2 Å². The molecule has 2 unspecified atom stereocenters. The zero-order chi connectivity index (χ0) is 7.14. The van der Waals surface area contributed by atoms with Crippen molar-refractivity contribution in [3.8, 4) is 0 Å². The summed E-state index contributed by atoms with van der Waals surface area (Å²) in [6.45, 7) is 0. The van der Waals surface area contributed by atoms with Gasteiger partial charge in [-0.05, 0) is 0 Å². The molecule has 1 N–H and O–H groups in total. The Morgan fingerprint density at radius 1 is 1.50 bits per heavy atom. The first-order valence-corrected chi connectivity index (χ1v) is 3.47. The number of aliphatic imine (C=N–C) groups is 1. The van der Waals surface area contributed by atoms with Gasteiger partial charge in [0, 0.05) is 14.1 Å². The molecule has 2 rings (SSSR count). The lowest BCUT2D eigenvalue weighted by atomic mass is 10.00. The van der Waals surface area contributed by atoms with E-state index in [9.17, 15) is 0 Å². The fourth-order valence-corrected chi connectivity index (χ4v) is 1.15. The van der Waals surface area contributed by atoms with Crippen molar-refractivity contribution in [2.75, 3.05) is 14.1 Å². The van der Waals surface area contributed by atoms with Gasteiger partial charge < -0.3 is 10.2 Å². The molecule has 0 amide bonds. The average molecular weight is 137 g/mol. The maximum atomic E-state index is 4.40. The molecule has 0 saturated heterocycles. The van der Waals surface area contributed by atoms with Crippen LogP contribution in [0, 0.1) is 0 Å². The highest BCUT2D eigenvalue weighted by atomic mass is 15.3. The third-order valence-electron chi connectivity index (χ3n) is 1.87. The predicted octanol–water partition coefficient (Wildman–Crippen LogP) is -0.186. The van der Waals surface area contributed by atoms with Gasteiger partial charge in [0.2, 0.25) is 0 Å². The molecule has 0 aromatic carbocycles. The molecule has 2 atom stereocenters. The van der Waals surface area contributed by atoms with Crippen LogP contribution >= 0.6 is 0 Å². The average Bonchev–Trinajstić information content (AvgIpc) is 2.09. The van der Waals surface area contributed by atoms with Crippen molar-refractivity contribution in [3.63, 3.8) is 0 Å². The highest BCUT2D eigenvalue weighted by Crippen LogP contribution is 2.18. The highest BCUT2D eigenvalue weighted by molar-refractivity contribution is 5.83. The monoisotopic (exact) mass is 137 g/mol. The first kappa shape index (κ1) is 5.77. The highest BCUT2D eigenvalue weighted by Gasteiger charge is 2.30. The summed E-state index contributed by atoms with van der Waals surface area (Å²) in [4.78, 5) is 6.40. The molecule has 0 fully saturated rings. The molecule has 0 radical (unpaired) electrons. The van der Waals surface area contributed by atoms with Crippen LogP contribution in [-0.4, -0.2) is 37.0 Å². The fraction of sp³-hybridized carbons (Fsp3) is 0.571. The second kappa shape index (κ2) is 1.75. The van der Waals surface area contributed by atoms with Gasteiger partial charge in [-0.3, -0.25) is 0 Å². The van der Waals surface area contributed by atoms with Crippen molar-refractivity contribution in [2.24, 2.45) is 4.99 Å². The number of fused-ring (bicyclic) bond motifs is 1. The van der Waals surface area contributed by atoms with Crippen molar-refractivity contribution < 1.29 is 0 Å². The van der Waals surface area contributed by atoms with Crippen LogP contribution in [0.4, 0.5) is 0 Å². The van der Waals surface area contributed by atoms with E-state index in [1.54, 1.807) is 0 Å². The number of nitrogens with one attached hydrogen (secondary N) is 1. The van der Waals surface area contributed by atoms with Crippen molar-refractivity contribution in [3.05, 3.63) is 12.2 Å². The second-order valence-corrected chi connectivity index (χ2v) is 2.89. The summed E-state index contributed by atoms with van der Waals surface area (Å²) in [6.07, 6.45) is 4.26. The second-order valence-electron chi connectivity index (χ2n) is 2.89. The largest absolute Gasteiger partial charge is 0.349 e. The summed E-state index contributed by atoms with van der Waals surface area (Å²) < 4.78 is 0. The van der Waals surface area contributed by atoms with Gasteiger partial charge in [0.15, 0.2) is 5.96 Å². The van der Waals surface area contributed by atoms with Crippen LogP contribution in [0.3, 0.4) is 0 Å². The smallest absolute Gasteiger partial charge is 0.194 e. The standard InChI is InChI=1S/C7H11N3/c1-10(2)7-8-5-3-4-6(5)9-7/h3-6H,1-2H3,(H,8,9). The molecule has 10 heavy (non-hydrogen) atoms. The van der Waals surface area contributed by atoms with Crippen molar-refractivity contribution in [1.29, 1.82) is 0 Å². The molecule has 54 valence electrons. The van der Waals surface area contributed by atoms with E-state index in [4.69, 9.17) is 0 Å². The van der Waals surface area contributed by atoms with Crippen molar-refractivity contribution in [2.45, 2.75) is 12.1 Å². The van der Waals surface area contributed by atoms with Gasteiger partial charge in [0.1, 0.15) is 0 Å². The zero-order valence-corrected chi connectivity index (χ0v) is 6.20. The summed E-state index contributed by atoms with van der Waals surface area (Å²) in [5.74, 6) is 1.00. The number of nitrogens with zero attached hydrogens (tertiary/aromatic N) is 2. The van der Waals surface area contributed by atoms with Crippen molar-refractivity contribution in [1.82, 2.24) is 10.2 Å². The SMILES string of the molecule is CN(C)C1=NC2C=CC2N1. The molecule has 3 nitrogen and oxygen atoms in total. The zero-order valence-electron chi connectivity index (χ0n) is 6.20. The van der Waals surface area contributed by atoms with E-state index in [1.807, 2.05) is 19.0 Å². The van der Waals surface area contributed by atoms with Gasteiger partial charge in [-0.2, -0.15) is 0 Å². The lowest BCUT2D eigenvalue weighted by molar-refractivity contribution is 0.584. The number of hydrogen-bond acceptors (Lipinski definition) is 3. The molecule has 1 aliphatic carbocycles. The van der Waals surface area contributed by atoms with E-state index in [1.165, 1.54) is 0 Å². The minimum absolute atomic E-state index is 0.414. The van der Waals surface area contributed by atoms with Gasteiger partial charge in [0.25, 0.3) is 0 Å². The topological polar surface area (TPSA) is 27.6 Å². The molecule has 1 heterocycles. The molecular formula is C7H11N3. The quantitative estimate of drug-likeness (QED) is 0.469. The summed E-state index contributed by atoms with van der Waals surface area (Å²) in [6, 6.07) is 0.898. The van der Waals surface area contributed by atoms with Crippen LogP contribution in [0.1, 0.15) is 0 Å². The first-order valence-electron chi connectivity index (χ1n) is 3.47. The third-order valence-corrected chi connectivity index (χ3v) is 1.87. The fourth-order valence-electron chi connectivity index (χ4n) is 1.15. The Balaban J connectivity index is 2.10.